The van der Waals surface area contributed by atoms with E-state index in [-0.39, 0.29) is 11.9 Å². The van der Waals surface area contributed by atoms with Crippen LogP contribution >= 0.6 is 0 Å². The van der Waals surface area contributed by atoms with Crippen molar-refractivity contribution >= 4 is 5.91 Å². The molecule has 1 amide bonds. The van der Waals surface area contributed by atoms with Crippen molar-refractivity contribution in [2.45, 2.75) is 39.3 Å². The van der Waals surface area contributed by atoms with Crippen LogP contribution < -0.4 is 5.32 Å². The van der Waals surface area contributed by atoms with Crippen LogP contribution in [0, 0.1) is 13.8 Å². The maximum absolute atomic E-state index is 12.8. The third-order valence-electron chi connectivity index (χ3n) is 4.37. The lowest BCUT2D eigenvalue weighted by atomic mass is 10.1. The summed E-state index contributed by atoms with van der Waals surface area (Å²) in [5, 5.41) is 6.96. The molecule has 0 bridgehead atoms. The minimum Gasteiger partial charge on any atom is -0.361 e. The van der Waals surface area contributed by atoms with E-state index in [1.54, 1.807) is 12.4 Å². The van der Waals surface area contributed by atoms with Gasteiger partial charge in [0.2, 0.25) is 5.91 Å². The Kier molecular flexibility index (Phi) is 4.71. The standard InChI is InChI=1S/C17H22N4O2/c1-12-15(13(2)23-20-12)11-19-17(22)16(21-8-3-4-9-21)14-6-5-7-18-10-14/h5-7,10,16H,3-4,8-9,11H2,1-2H3,(H,19,22). The smallest absolute Gasteiger partial charge is 0.242 e. The van der Waals surface area contributed by atoms with Gasteiger partial charge in [0.25, 0.3) is 0 Å². The van der Waals surface area contributed by atoms with Crippen LogP contribution in [0.4, 0.5) is 0 Å². The number of carbonyl (C=O) groups excluding carboxylic acids is 1. The highest BCUT2D eigenvalue weighted by atomic mass is 16.5. The largest absolute Gasteiger partial charge is 0.361 e. The van der Waals surface area contributed by atoms with Crippen LogP contribution in [0.15, 0.2) is 29.0 Å². The SMILES string of the molecule is Cc1noc(C)c1CNC(=O)C(c1cccnc1)N1CCCC1. The first-order valence-electron chi connectivity index (χ1n) is 8.00. The molecule has 1 saturated heterocycles. The zero-order valence-electron chi connectivity index (χ0n) is 13.6. The molecular formula is C17H22N4O2. The Morgan fingerprint density at radius 1 is 1.39 bits per heavy atom. The summed E-state index contributed by atoms with van der Waals surface area (Å²) in [4.78, 5) is 19.2. The van der Waals surface area contributed by atoms with E-state index in [0.717, 1.165) is 48.5 Å². The molecule has 2 aromatic rings. The summed E-state index contributed by atoms with van der Waals surface area (Å²) in [5.74, 6) is 0.752. The number of pyridine rings is 1. The molecule has 3 rings (SSSR count). The molecule has 122 valence electrons. The fourth-order valence-electron chi connectivity index (χ4n) is 3.09. The Balaban J connectivity index is 1.75. The fourth-order valence-corrected chi connectivity index (χ4v) is 3.09. The highest BCUT2D eigenvalue weighted by Gasteiger charge is 2.30. The summed E-state index contributed by atoms with van der Waals surface area (Å²) in [6.45, 7) is 6.07. The number of aryl methyl sites for hydroxylation is 2. The molecule has 6 nitrogen and oxygen atoms in total. The van der Waals surface area contributed by atoms with Crippen LogP contribution in [0.1, 0.15) is 41.5 Å². The number of nitrogens with one attached hydrogen (secondary N) is 1. The summed E-state index contributed by atoms with van der Waals surface area (Å²) < 4.78 is 5.15. The van der Waals surface area contributed by atoms with Crippen molar-refractivity contribution in [2.75, 3.05) is 13.1 Å². The number of rotatable bonds is 5. The van der Waals surface area contributed by atoms with Crippen molar-refractivity contribution in [3.63, 3.8) is 0 Å². The number of aromatic nitrogens is 2. The molecule has 3 heterocycles. The molecule has 1 aliphatic rings. The van der Waals surface area contributed by atoms with Crippen LogP contribution in [-0.4, -0.2) is 34.0 Å². The second kappa shape index (κ2) is 6.91. The van der Waals surface area contributed by atoms with Crippen LogP contribution in [-0.2, 0) is 11.3 Å². The minimum atomic E-state index is -0.285. The number of amides is 1. The van der Waals surface area contributed by atoms with Crippen LogP contribution in [0.2, 0.25) is 0 Å². The van der Waals surface area contributed by atoms with Crippen molar-refractivity contribution < 1.29 is 9.32 Å². The molecule has 0 saturated carbocycles. The monoisotopic (exact) mass is 314 g/mol. The summed E-state index contributed by atoms with van der Waals surface area (Å²) in [6, 6.07) is 3.55. The topological polar surface area (TPSA) is 71.3 Å². The summed E-state index contributed by atoms with van der Waals surface area (Å²) >= 11 is 0. The van der Waals surface area contributed by atoms with Gasteiger partial charge in [-0.05, 0) is 51.4 Å². The lowest BCUT2D eigenvalue weighted by Crippen LogP contribution is -2.39. The van der Waals surface area contributed by atoms with E-state index >= 15 is 0 Å². The first-order valence-corrected chi connectivity index (χ1v) is 8.00. The molecule has 1 N–H and O–H groups in total. The Hall–Kier alpha value is -2.21. The third kappa shape index (κ3) is 3.42. The van der Waals surface area contributed by atoms with E-state index in [1.807, 2.05) is 26.0 Å². The molecule has 6 heteroatoms. The first-order chi connectivity index (χ1) is 11.2. The Morgan fingerprint density at radius 3 is 2.78 bits per heavy atom. The third-order valence-corrected chi connectivity index (χ3v) is 4.37. The van der Waals surface area contributed by atoms with Gasteiger partial charge in [-0.15, -0.1) is 0 Å². The van der Waals surface area contributed by atoms with Gasteiger partial charge in [-0.1, -0.05) is 11.2 Å². The normalized spacial score (nSPS) is 16.4. The second-order valence-electron chi connectivity index (χ2n) is 5.95. The molecular weight excluding hydrogens is 292 g/mol. The van der Waals surface area contributed by atoms with Crippen LogP contribution in [0.3, 0.4) is 0 Å². The van der Waals surface area contributed by atoms with E-state index < -0.39 is 0 Å². The van der Waals surface area contributed by atoms with Crippen LogP contribution in [0.25, 0.3) is 0 Å². The number of likely N-dealkylation sites (tertiary alicyclic amines) is 1. The molecule has 2 aromatic heterocycles. The van der Waals surface area contributed by atoms with Gasteiger partial charge in [-0.2, -0.15) is 0 Å². The number of hydrogen-bond acceptors (Lipinski definition) is 5. The Morgan fingerprint density at radius 2 is 2.17 bits per heavy atom. The molecule has 0 radical (unpaired) electrons. The fraction of sp³-hybridized carbons (Fsp3) is 0.471. The lowest BCUT2D eigenvalue weighted by molar-refractivity contribution is -0.126. The van der Waals surface area contributed by atoms with Gasteiger partial charge < -0.3 is 9.84 Å². The zero-order valence-corrected chi connectivity index (χ0v) is 13.6. The highest BCUT2D eigenvalue weighted by molar-refractivity contribution is 5.83. The van der Waals surface area contributed by atoms with Crippen molar-refractivity contribution in [1.29, 1.82) is 0 Å². The molecule has 23 heavy (non-hydrogen) atoms. The van der Waals surface area contributed by atoms with E-state index in [0.29, 0.717) is 6.54 Å². The molecule has 1 atom stereocenters. The quantitative estimate of drug-likeness (QED) is 0.915. The van der Waals surface area contributed by atoms with Gasteiger partial charge in [-0.25, -0.2) is 0 Å². The summed E-state index contributed by atoms with van der Waals surface area (Å²) in [7, 11) is 0. The van der Waals surface area contributed by atoms with Gasteiger partial charge in [0.05, 0.1) is 5.69 Å². The van der Waals surface area contributed by atoms with E-state index in [4.69, 9.17) is 4.52 Å². The molecule has 1 unspecified atom stereocenters. The Bertz CT molecular complexity index is 643. The lowest BCUT2D eigenvalue weighted by Gasteiger charge is -2.26. The molecule has 0 aliphatic carbocycles. The van der Waals surface area contributed by atoms with Crippen LogP contribution in [0.5, 0.6) is 0 Å². The van der Waals surface area contributed by atoms with Gasteiger partial charge >= 0.3 is 0 Å². The average Bonchev–Trinajstić information content (AvgIpc) is 3.18. The molecule has 1 fully saturated rings. The molecule has 0 aromatic carbocycles. The predicted molar refractivity (Wildman–Crippen MR) is 85.6 cm³/mol. The van der Waals surface area contributed by atoms with Gasteiger partial charge in [0.1, 0.15) is 11.8 Å². The van der Waals surface area contributed by atoms with Crippen molar-refractivity contribution in [1.82, 2.24) is 20.4 Å². The summed E-state index contributed by atoms with van der Waals surface area (Å²) in [6.07, 6.45) is 5.77. The zero-order chi connectivity index (χ0) is 16.2. The second-order valence-corrected chi connectivity index (χ2v) is 5.95. The number of hydrogen-bond donors (Lipinski definition) is 1. The minimum absolute atomic E-state index is 0.0000926. The molecule has 1 aliphatic heterocycles. The number of carbonyl (C=O) groups is 1. The van der Waals surface area contributed by atoms with E-state index in [1.165, 1.54) is 0 Å². The highest BCUT2D eigenvalue weighted by Crippen LogP contribution is 2.25. The van der Waals surface area contributed by atoms with Crippen molar-refractivity contribution in [2.24, 2.45) is 0 Å². The predicted octanol–water partition coefficient (Wildman–Crippen LogP) is 2.14. The maximum Gasteiger partial charge on any atom is 0.242 e. The maximum atomic E-state index is 12.8. The van der Waals surface area contributed by atoms with E-state index in [9.17, 15) is 4.79 Å². The van der Waals surface area contributed by atoms with Crippen molar-refractivity contribution in [3.05, 3.63) is 47.1 Å². The first kappa shape index (κ1) is 15.7. The van der Waals surface area contributed by atoms with Gasteiger partial charge in [-0.3, -0.25) is 14.7 Å². The van der Waals surface area contributed by atoms with Gasteiger partial charge in [0, 0.05) is 24.5 Å². The van der Waals surface area contributed by atoms with Gasteiger partial charge in [0.15, 0.2) is 0 Å². The number of nitrogens with zero attached hydrogens (tertiary/aromatic N) is 3. The average molecular weight is 314 g/mol. The molecule has 0 spiro atoms. The van der Waals surface area contributed by atoms with E-state index in [2.05, 4.69) is 20.4 Å². The van der Waals surface area contributed by atoms with Crippen molar-refractivity contribution in [3.8, 4) is 0 Å². The Labute approximate surface area is 135 Å². The summed E-state index contributed by atoms with van der Waals surface area (Å²) in [5.41, 5.74) is 2.71.